The molecule has 0 heterocycles. The maximum atomic E-state index is 12.6. The molecule has 2 rings (SSSR count). The highest BCUT2D eigenvalue weighted by Crippen LogP contribution is 2.51. The number of carbonyl (C=O) groups excluding carboxylic acids is 1. The van der Waals surface area contributed by atoms with E-state index < -0.39 is 0 Å². The molecule has 90 valence electrons. The van der Waals surface area contributed by atoms with Gasteiger partial charge in [-0.2, -0.15) is 0 Å². The van der Waals surface area contributed by atoms with E-state index in [0.29, 0.717) is 17.6 Å². The smallest absolute Gasteiger partial charge is 0.143 e. The maximum absolute atomic E-state index is 12.6. The minimum atomic E-state index is 0.224. The third-order valence-corrected chi connectivity index (χ3v) is 4.82. The molecule has 0 unspecified atom stereocenters. The first-order valence-corrected chi connectivity index (χ1v) is 6.66. The van der Waals surface area contributed by atoms with E-state index in [0.717, 1.165) is 6.42 Å². The molecule has 2 aliphatic rings. The fourth-order valence-corrected chi connectivity index (χ4v) is 3.78. The van der Waals surface area contributed by atoms with Gasteiger partial charge in [-0.05, 0) is 43.9 Å². The lowest BCUT2D eigenvalue weighted by atomic mass is 9.56. The molecule has 0 bridgehead atoms. The van der Waals surface area contributed by atoms with Gasteiger partial charge in [0.25, 0.3) is 0 Å². The zero-order valence-electron chi connectivity index (χ0n) is 11.0. The predicted octanol–water partition coefficient (Wildman–Crippen LogP) is 3.98. The molecule has 0 aliphatic heterocycles. The molecule has 0 spiro atoms. The van der Waals surface area contributed by atoms with E-state index in [-0.39, 0.29) is 11.3 Å². The summed E-state index contributed by atoms with van der Waals surface area (Å²) in [6, 6.07) is 0. The number of fused-ring (bicyclic) bond motifs is 1. The largest absolute Gasteiger partial charge is 0.299 e. The molecular weight excluding hydrogens is 196 g/mol. The van der Waals surface area contributed by atoms with Crippen LogP contribution in [-0.4, -0.2) is 5.78 Å². The van der Waals surface area contributed by atoms with Crippen LogP contribution >= 0.6 is 0 Å². The molecule has 3 atom stereocenters. The van der Waals surface area contributed by atoms with Gasteiger partial charge in [-0.1, -0.05) is 32.4 Å². The summed E-state index contributed by atoms with van der Waals surface area (Å²) in [5.74, 6) is 1.56. The molecule has 0 radical (unpaired) electrons. The topological polar surface area (TPSA) is 17.1 Å². The Morgan fingerprint density at radius 2 is 2.06 bits per heavy atom. The van der Waals surface area contributed by atoms with Crippen molar-refractivity contribution < 1.29 is 4.79 Å². The number of hydrogen-bond donors (Lipinski definition) is 0. The molecule has 1 nitrogen and oxygen atoms in total. The van der Waals surface area contributed by atoms with Crippen molar-refractivity contribution in [3.05, 3.63) is 11.6 Å². The van der Waals surface area contributed by atoms with E-state index in [1.54, 1.807) is 0 Å². The SMILES string of the molecule is CC1=CCC[C@]2(C)CC[C@@H](C(C)C)C(=O)[C@@H]12. The van der Waals surface area contributed by atoms with E-state index in [4.69, 9.17) is 0 Å². The normalized spacial score (nSPS) is 39.6. The van der Waals surface area contributed by atoms with E-state index in [9.17, 15) is 4.79 Å². The summed E-state index contributed by atoms with van der Waals surface area (Å²) in [7, 11) is 0. The van der Waals surface area contributed by atoms with Gasteiger partial charge < -0.3 is 0 Å². The molecule has 0 aromatic carbocycles. The van der Waals surface area contributed by atoms with Crippen molar-refractivity contribution >= 4 is 5.78 Å². The van der Waals surface area contributed by atoms with Crippen LogP contribution in [0.15, 0.2) is 11.6 Å². The summed E-state index contributed by atoms with van der Waals surface area (Å²) in [6.07, 6.45) is 6.99. The summed E-state index contributed by atoms with van der Waals surface area (Å²) in [4.78, 5) is 12.6. The van der Waals surface area contributed by atoms with Crippen LogP contribution in [0.3, 0.4) is 0 Å². The predicted molar refractivity (Wildman–Crippen MR) is 67.2 cm³/mol. The van der Waals surface area contributed by atoms with E-state index in [2.05, 4.69) is 33.8 Å². The van der Waals surface area contributed by atoms with E-state index in [1.807, 2.05) is 0 Å². The molecule has 0 saturated heterocycles. The van der Waals surface area contributed by atoms with Gasteiger partial charge in [0.05, 0.1) is 0 Å². The van der Waals surface area contributed by atoms with Crippen LogP contribution < -0.4 is 0 Å². The summed E-state index contributed by atoms with van der Waals surface area (Å²) < 4.78 is 0. The third-order valence-electron chi connectivity index (χ3n) is 4.82. The second kappa shape index (κ2) is 4.01. The Bertz CT molecular complexity index is 326. The van der Waals surface area contributed by atoms with Crippen molar-refractivity contribution in [3.8, 4) is 0 Å². The van der Waals surface area contributed by atoms with Gasteiger partial charge in [0.1, 0.15) is 5.78 Å². The average molecular weight is 220 g/mol. The van der Waals surface area contributed by atoms with Crippen LogP contribution in [-0.2, 0) is 4.79 Å². The van der Waals surface area contributed by atoms with Gasteiger partial charge in [-0.3, -0.25) is 4.79 Å². The average Bonchev–Trinajstić information content (AvgIpc) is 2.16. The molecule has 0 aromatic rings. The van der Waals surface area contributed by atoms with Crippen LogP contribution in [0.2, 0.25) is 0 Å². The zero-order valence-corrected chi connectivity index (χ0v) is 11.0. The van der Waals surface area contributed by atoms with Crippen LogP contribution in [0.4, 0.5) is 0 Å². The minimum absolute atomic E-state index is 0.224. The lowest BCUT2D eigenvalue weighted by molar-refractivity contribution is -0.135. The summed E-state index contributed by atoms with van der Waals surface area (Å²) in [5.41, 5.74) is 1.60. The second-order valence-corrected chi connectivity index (χ2v) is 6.37. The first kappa shape index (κ1) is 11.9. The maximum Gasteiger partial charge on any atom is 0.143 e. The van der Waals surface area contributed by atoms with Crippen molar-refractivity contribution in [1.29, 1.82) is 0 Å². The molecule has 0 aromatic heterocycles. The highest BCUT2D eigenvalue weighted by atomic mass is 16.1. The van der Waals surface area contributed by atoms with Crippen LogP contribution in [0.1, 0.15) is 53.4 Å². The first-order chi connectivity index (χ1) is 7.46. The Morgan fingerprint density at radius 1 is 1.38 bits per heavy atom. The standard InChI is InChI=1S/C15H24O/c1-10(2)12-7-9-15(4)8-5-6-11(3)13(15)14(12)16/h6,10,12-13H,5,7-9H2,1-4H3/t12-,13+,15+/m0/s1. The van der Waals surface area contributed by atoms with E-state index in [1.165, 1.54) is 24.8 Å². The van der Waals surface area contributed by atoms with Gasteiger partial charge in [-0.25, -0.2) is 0 Å². The second-order valence-electron chi connectivity index (χ2n) is 6.37. The number of allylic oxidation sites excluding steroid dienone is 2. The van der Waals surface area contributed by atoms with Crippen molar-refractivity contribution in [3.63, 3.8) is 0 Å². The molecular formula is C15H24O. The van der Waals surface area contributed by atoms with Gasteiger partial charge in [0.15, 0.2) is 0 Å². The number of hydrogen-bond acceptors (Lipinski definition) is 1. The highest BCUT2D eigenvalue weighted by Gasteiger charge is 2.47. The first-order valence-electron chi connectivity index (χ1n) is 6.66. The Balaban J connectivity index is 2.31. The number of rotatable bonds is 1. The molecule has 1 heteroatoms. The third kappa shape index (κ3) is 1.74. The molecule has 2 aliphatic carbocycles. The molecule has 1 fully saturated rings. The summed E-state index contributed by atoms with van der Waals surface area (Å²) in [5, 5.41) is 0. The Labute approximate surface area is 99.3 Å². The summed E-state index contributed by atoms with van der Waals surface area (Å²) in [6.45, 7) is 8.85. The monoisotopic (exact) mass is 220 g/mol. The van der Waals surface area contributed by atoms with Gasteiger partial charge in [-0.15, -0.1) is 0 Å². The van der Waals surface area contributed by atoms with Crippen molar-refractivity contribution in [2.24, 2.45) is 23.2 Å². The van der Waals surface area contributed by atoms with Crippen LogP contribution in [0.5, 0.6) is 0 Å². The quantitative estimate of drug-likeness (QED) is 0.611. The molecule has 1 saturated carbocycles. The van der Waals surface area contributed by atoms with Crippen LogP contribution in [0.25, 0.3) is 0 Å². The number of ketones is 1. The van der Waals surface area contributed by atoms with Gasteiger partial charge in [0.2, 0.25) is 0 Å². The fraction of sp³-hybridized carbons (Fsp3) is 0.800. The lowest BCUT2D eigenvalue weighted by Crippen LogP contribution is -2.45. The minimum Gasteiger partial charge on any atom is -0.299 e. The molecule has 0 amide bonds. The molecule has 16 heavy (non-hydrogen) atoms. The van der Waals surface area contributed by atoms with Gasteiger partial charge >= 0.3 is 0 Å². The van der Waals surface area contributed by atoms with Gasteiger partial charge in [0, 0.05) is 11.8 Å². The summed E-state index contributed by atoms with van der Waals surface area (Å²) >= 11 is 0. The molecule has 0 N–H and O–H groups in total. The number of Topliss-reactive ketones (excluding diaryl/α,β-unsaturated/α-hetero) is 1. The fourth-order valence-electron chi connectivity index (χ4n) is 3.78. The Kier molecular flexibility index (Phi) is 2.98. The lowest BCUT2D eigenvalue weighted by Gasteiger charge is -2.47. The van der Waals surface area contributed by atoms with Crippen LogP contribution in [0, 0.1) is 23.2 Å². The van der Waals surface area contributed by atoms with Crippen molar-refractivity contribution in [1.82, 2.24) is 0 Å². The van der Waals surface area contributed by atoms with Crippen molar-refractivity contribution in [2.45, 2.75) is 53.4 Å². The Hall–Kier alpha value is -0.590. The number of carbonyl (C=O) groups is 1. The zero-order chi connectivity index (χ0) is 11.9. The highest BCUT2D eigenvalue weighted by molar-refractivity contribution is 5.88. The van der Waals surface area contributed by atoms with E-state index >= 15 is 0 Å². The van der Waals surface area contributed by atoms with Crippen molar-refractivity contribution in [2.75, 3.05) is 0 Å². The Morgan fingerprint density at radius 3 is 2.69 bits per heavy atom.